The van der Waals surface area contributed by atoms with Crippen molar-refractivity contribution in [1.29, 1.82) is 0 Å². The van der Waals surface area contributed by atoms with Crippen LogP contribution >= 0.6 is 0 Å². The number of aromatic nitrogens is 2. The lowest BCUT2D eigenvalue weighted by Gasteiger charge is -2.13. The molecule has 2 N–H and O–H groups in total. The Morgan fingerprint density at radius 2 is 1.89 bits per heavy atom. The van der Waals surface area contributed by atoms with Crippen molar-refractivity contribution in [3.63, 3.8) is 0 Å². The summed E-state index contributed by atoms with van der Waals surface area (Å²) >= 11 is 0. The van der Waals surface area contributed by atoms with Crippen LogP contribution in [-0.2, 0) is 13.2 Å². The van der Waals surface area contributed by atoms with Crippen LogP contribution in [0.3, 0.4) is 0 Å². The van der Waals surface area contributed by atoms with Gasteiger partial charge in [-0.15, -0.1) is 0 Å². The van der Waals surface area contributed by atoms with Gasteiger partial charge in [-0.3, -0.25) is 4.57 Å². The summed E-state index contributed by atoms with van der Waals surface area (Å²) < 4.78 is 40.7. The summed E-state index contributed by atoms with van der Waals surface area (Å²) in [5.74, 6) is 0. The smallest absolute Gasteiger partial charge is 0.399 e. The van der Waals surface area contributed by atoms with Crippen molar-refractivity contribution in [2.75, 3.05) is 5.73 Å². The molecule has 2 rings (SSSR count). The second-order valence-electron chi connectivity index (χ2n) is 3.84. The minimum atomic E-state index is -4.57. The Bertz CT molecular complexity index is 640. The molecule has 1 aromatic heterocycles. The number of alkyl halides is 3. The van der Waals surface area contributed by atoms with Crippen molar-refractivity contribution in [3.8, 4) is 5.69 Å². The Labute approximate surface area is 100 Å². The van der Waals surface area contributed by atoms with Crippen LogP contribution in [0.25, 0.3) is 5.69 Å². The van der Waals surface area contributed by atoms with Crippen molar-refractivity contribution < 1.29 is 13.2 Å². The zero-order valence-corrected chi connectivity index (χ0v) is 9.40. The minimum absolute atomic E-state index is 0.00458. The van der Waals surface area contributed by atoms with E-state index in [0.717, 1.165) is 10.6 Å². The number of hydrogen-bond donors (Lipinski definition) is 1. The van der Waals surface area contributed by atoms with E-state index in [1.165, 1.54) is 36.1 Å². The Hall–Kier alpha value is -2.18. The maximum Gasteiger partial charge on any atom is 0.418 e. The van der Waals surface area contributed by atoms with Gasteiger partial charge in [0.05, 0.1) is 11.3 Å². The number of imidazole rings is 1. The quantitative estimate of drug-likeness (QED) is 0.792. The largest absolute Gasteiger partial charge is 0.418 e. The summed E-state index contributed by atoms with van der Waals surface area (Å²) in [7, 11) is 1.46. The van der Waals surface area contributed by atoms with Gasteiger partial charge in [0.15, 0.2) is 0 Å². The zero-order chi connectivity index (χ0) is 13.5. The lowest BCUT2D eigenvalue weighted by molar-refractivity contribution is -0.137. The molecule has 0 spiro atoms. The number of benzene rings is 1. The average Bonchev–Trinajstić information content (AvgIpc) is 2.59. The molecule has 2 aromatic rings. The maximum atomic E-state index is 12.9. The molecular formula is C11H10F3N3O. The molecule has 0 bridgehead atoms. The molecule has 1 heterocycles. The molecule has 0 aliphatic carbocycles. The van der Waals surface area contributed by atoms with Crippen LogP contribution in [0.15, 0.2) is 35.4 Å². The van der Waals surface area contributed by atoms with E-state index in [0.29, 0.717) is 0 Å². The van der Waals surface area contributed by atoms with Crippen molar-refractivity contribution in [1.82, 2.24) is 9.13 Å². The molecule has 7 heteroatoms. The number of aryl methyl sites for hydroxylation is 1. The van der Waals surface area contributed by atoms with Gasteiger partial charge in [-0.1, -0.05) is 0 Å². The highest BCUT2D eigenvalue weighted by atomic mass is 19.4. The second-order valence-corrected chi connectivity index (χ2v) is 3.84. The first kappa shape index (κ1) is 12.3. The highest BCUT2D eigenvalue weighted by Crippen LogP contribution is 2.34. The van der Waals surface area contributed by atoms with Crippen LogP contribution in [-0.4, -0.2) is 9.13 Å². The molecule has 0 amide bonds. The second kappa shape index (κ2) is 3.94. The van der Waals surface area contributed by atoms with E-state index in [2.05, 4.69) is 0 Å². The molecule has 0 fully saturated rings. The van der Waals surface area contributed by atoms with Crippen LogP contribution in [0.4, 0.5) is 18.9 Å². The van der Waals surface area contributed by atoms with Gasteiger partial charge in [0.2, 0.25) is 0 Å². The SMILES string of the molecule is Cn1ccn(-c2ccc(N)cc2C(F)(F)F)c1=O. The standard InChI is InChI=1S/C11H10F3N3O/c1-16-4-5-17(10(16)18)9-3-2-7(15)6-8(9)11(12,13)14/h2-6H,15H2,1H3. The van der Waals surface area contributed by atoms with Crippen molar-refractivity contribution in [2.45, 2.75) is 6.18 Å². The van der Waals surface area contributed by atoms with Crippen LogP contribution in [0.1, 0.15) is 5.56 Å². The van der Waals surface area contributed by atoms with Gasteiger partial charge in [0.1, 0.15) is 0 Å². The molecule has 96 valence electrons. The average molecular weight is 257 g/mol. The number of halogens is 3. The van der Waals surface area contributed by atoms with Gasteiger partial charge in [0, 0.05) is 25.1 Å². The van der Waals surface area contributed by atoms with Gasteiger partial charge in [0.25, 0.3) is 0 Å². The highest BCUT2D eigenvalue weighted by molar-refractivity contribution is 5.52. The highest BCUT2D eigenvalue weighted by Gasteiger charge is 2.34. The van der Waals surface area contributed by atoms with E-state index in [-0.39, 0.29) is 11.4 Å². The summed E-state index contributed by atoms with van der Waals surface area (Å²) in [6.45, 7) is 0. The Morgan fingerprint density at radius 3 is 2.39 bits per heavy atom. The fourth-order valence-electron chi connectivity index (χ4n) is 1.64. The van der Waals surface area contributed by atoms with Crippen molar-refractivity contribution >= 4 is 5.69 Å². The first-order valence-corrected chi connectivity index (χ1v) is 5.02. The van der Waals surface area contributed by atoms with E-state index in [4.69, 9.17) is 5.73 Å². The van der Waals surface area contributed by atoms with Crippen LogP contribution in [0.2, 0.25) is 0 Å². The summed E-state index contributed by atoms with van der Waals surface area (Å²) in [4.78, 5) is 11.7. The number of rotatable bonds is 1. The van der Waals surface area contributed by atoms with E-state index in [1.807, 2.05) is 0 Å². The first-order valence-electron chi connectivity index (χ1n) is 5.02. The van der Waals surface area contributed by atoms with Gasteiger partial charge < -0.3 is 10.3 Å². The fourth-order valence-corrected chi connectivity index (χ4v) is 1.64. The Balaban J connectivity index is 2.72. The fraction of sp³-hybridized carbons (Fsp3) is 0.182. The van der Waals surface area contributed by atoms with Gasteiger partial charge >= 0.3 is 11.9 Å². The first-order chi connectivity index (χ1) is 8.30. The third kappa shape index (κ3) is 1.99. The summed E-state index contributed by atoms with van der Waals surface area (Å²) in [6, 6.07) is 3.32. The van der Waals surface area contributed by atoms with E-state index >= 15 is 0 Å². The number of nitrogens with zero attached hydrogens (tertiary/aromatic N) is 2. The van der Waals surface area contributed by atoms with Crippen molar-refractivity contribution in [2.24, 2.45) is 7.05 Å². The van der Waals surface area contributed by atoms with Crippen LogP contribution in [0.5, 0.6) is 0 Å². The van der Waals surface area contributed by atoms with Gasteiger partial charge in [-0.05, 0) is 18.2 Å². The van der Waals surface area contributed by atoms with Crippen LogP contribution in [0, 0.1) is 0 Å². The van der Waals surface area contributed by atoms with E-state index < -0.39 is 17.4 Å². The number of nitrogens with two attached hydrogens (primary N) is 1. The molecule has 1 aromatic carbocycles. The summed E-state index contributed by atoms with van der Waals surface area (Å²) in [6.07, 6.45) is -1.90. The summed E-state index contributed by atoms with van der Waals surface area (Å²) in [5, 5.41) is 0. The number of nitrogen functional groups attached to an aromatic ring is 1. The Kier molecular flexibility index (Phi) is 2.68. The number of hydrogen-bond acceptors (Lipinski definition) is 2. The van der Waals surface area contributed by atoms with Crippen LogP contribution < -0.4 is 11.4 Å². The predicted octanol–water partition coefficient (Wildman–Crippen LogP) is 1.78. The molecule has 0 saturated heterocycles. The topological polar surface area (TPSA) is 52.9 Å². The van der Waals surface area contributed by atoms with Gasteiger partial charge in [-0.25, -0.2) is 4.79 Å². The third-order valence-corrected chi connectivity index (χ3v) is 2.53. The number of anilines is 1. The lowest BCUT2D eigenvalue weighted by Crippen LogP contribution is -2.23. The molecule has 0 unspecified atom stereocenters. The summed E-state index contributed by atoms with van der Waals surface area (Å²) in [5.41, 5.74) is 3.63. The third-order valence-electron chi connectivity index (χ3n) is 2.53. The van der Waals surface area contributed by atoms with E-state index in [1.54, 1.807) is 0 Å². The molecular weight excluding hydrogens is 247 g/mol. The Morgan fingerprint density at radius 1 is 1.22 bits per heavy atom. The molecule has 0 aliphatic rings. The lowest BCUT2D eigenvalue weighted by atomic mass is 10.1. The molecule has 4 nitrogen and oxygen atoms in total. The molecule has 0 aliphatic heterocycles. The van der Waals surface area contributed by atoms with E-state index in [9.17, 15) is 18.0 Å². The maximum absolute atomic E-state index is 12.9. The van der Waals surface area contributed by atoms with Gasteiger partial charge in [-0.2, -0.15) is 13.2 Å². The molecule has 18 heavy (non-hydrogen) atoms. The molecule has 0 atom stereocenters. The molecule has 0 saturated carbocycles. The zero-order valence-electron chi connectivity index (χ0n) is 9.40. The predicted molar refractivity (Wildman–Crippen MR) is 60.4 cm³/mol. The minimum Gasteiger partial charge on any atom is -0.399 e. The normalized spacial score (nSPS) is 11.8. The molecule has 0 radical (unpaired) electrons. The monoisotopic (exact) mass is 257 g/mol. The van der Waals surface area contributed by atoms with Crippen molar-refractivity contribution in [3.05, 3.63) is 46.6 Å².